The van der Waals surface area contributed by atoms with Crippen LogP contribution in [0.1, 0.15) is 0 Å². The number of nitrogens with zero attached hydrogens (tertiary/aromatic N) is 1. The van der Waals surface area contributed by atoms with E-state index in [2.05, 4.69) is 0 Å². The van der Waals surface area contributed by atoms with E-state index in [9.17, 15) is 4.79 Å². The van der Waals surface area contributed by atoms with Crippen LogP contribution < -0.4 is 10.4 Å². The number of hydrogen-bond donors (Lipinski definition) is 1. The molecule has 0 aliphatic rings. The Labute approximate surface area is 158 Å². The van der Waals surface area contributed by atoms with Gasteiger partial charge in [-0.1, -0.05) is 48.5 Å². The number of nitrogens with one attached hydrogen (secondary N) is 1. The number of para-hydroxylation sites is 1. The Kier molecular flexibility index (Phi) is 3.55. The van der Waals surface area contributed by atoms with Gasteiger partial charge in [-0.15, -0.1) is 11.3 Å². The van der Waals surface area contributed by atoms with Crippen molar-refractivity contribution in [2.24, 2.45) is 0 Å². The third-order valence-electron chi connectivity index (χ3n) is 4.66. The van der Waals surface area contributed by atoms with Gasteiger partial charge in [0, 0.05) is 16.5 Å². The molecule has 0 atom stereocenters. The zero-order valence-electron chi connectivity index (χ0n) is 14.2. The molecule has 2 heterocycles. The van der Waals surface area contributed by atoms with Gasteiger partial charge in [-0.25, -0.2) is 4.79 Å². The SMILES string of the molecule is N=c1scc(-c2cc3c(ccc4ccccc43)oc2=O)n1-c1ccccc1. The van der Waals surface area contributed by atoms with E-state index in [0.29, 0.717) is 21.6 Å². The number of thiazole rings is 1. The summed E-state index contributed by atoms with van der Waals surface area (Å²) in [4.78, 5) is 13.1. The van der Waals surface area contributed by atoms with Crippen molar-refractivity contribution in [2.75, 3.05) is 0 Å². The van der Waals surface area contributed by atoms with E-state index < -0.39 is 5.63 Å². The van der Waals surface area contributed by atoms with Crippen LogP contribution in [0.25, 0.3) is 38.7 Å². The van der Waals surface area contributed by atoms with Gasteiger partial charge in [0.1, 0.15) is 5.58 Å². The molecule has 3 aromatic carbocycles. The van der Waals surface area contributed by atoms with Crippen LogP contribution in [0.15, 0.2) is 87.4 Å². The summed E-state index contributed by atoms with van der Waals surface area (Å²) in [5.41, 5.74) is 2.13. The van der Waals surface area contributed by atoms with Crippen LogP contribution in [-0.4, -0.2) is 4.57 Å². The number of hydrogen-bond acceptors (Lipinski definition) is 4. The highest BCUT2D eigenvalue weighted by Crippen LogP contribution is 2.29. The molecular formula is C22H14N2O2S. The van der Waals surface area contributed by atoms with E-state index in [1.807, 2.05) is 78.2 Å². The smallest absolute Gasteiger partial charge is 0.345 e. The molecule has 0 unspecified atom stereocenters. The van der Waals surface area contributed by atoms with Crippen LogP contribution in [0, 0.1) is 5.41 Å². The van der Waals surface area contributed by atoms with Crippen molar-refractivity contribution in [1.29, 1.82) is 5.41 Å². The molecule has 0 amide bonds. The second-order valence-electron chi connectivity index (χ2n) is 6.24. The van der Waals surface area contributed by atoms with Crippen molar-refractivity contribution in [1.82, 2.24) is 4.57 Å². The van der Waals surface area contributed by atoms with Crippen molar-refractivity contribution >= 4 is 33.1 Å². The number of rotatable bonds is 2. The maximum absolute atomic E-state index is 12.7. The predicted octanol–water partition coefficient (Wildman–Crippen LogP) is 4.94. The normalized spacial score (nSPS) is 11.3. The van der Waals surface area contributed by atoms with Gasteiger partial charge in [-0.2, -0.15) is 0 Å². The first-order chi connectivity index (χ1) is 13.2. The lowest BCUT2D eigenvalue weighted by Crippen LogP contribution is -2.14. The average molecular weight is 370 g/mol. The first-order valence-corrected chi connectivity index (χ1v) is 9.37. The minimum Gasteiger partial charge on any atom is -0.422 e. The van der Waals surface area contributed by atoms with E-state index in [0.717, 1.165) is 21.8 Å². The molecule has 0 fully saturated rings. The molecule has 130 valence electrons. The van der Waals surface area contributed by atoms with Crippen LogP contribution in [0.3, 0.4) is 0 Å². The van der Waals surface area contributed by atoms with Gasteiger partial charge in [0.25, 0.3) is 0 Å². The van der Waals surface area contributed by atoms with Crippen LogP contribution in [0.4, 0.5) is 0 Å². The Morgan fingerprint density at radius 3 is 2.52 bits per heavy atom. The Balaban J connectivity index is 1.85. The standard InChI is InChI=1S/C22H14N2O2S/c23-22-24(15-7-2-1-3-8-15)19(13-27-22)18-12-17-16-9-5-4-6-14(16)10-11-20(17)26-21(18)25/h1-13,23H. The first kappa shape index (κ1) is 15.8. The quantitative estimate of drug-likeness (QED) is 0.353. The maximum Gasteiger partial charge on any atom is 0.345 e. The lowest BCUT2D eigenvalue weighted by molar-refractivity contribution is 0.563. The largest absolute Gasteiger partial charge is 0.422 e. The second-order valence-corrected chi connectivity index (χ2v) is 7.10. The molecule has 2 aromatic heterocycles. The summed E-state index contributed by atoms with van der Waals surface area (Å²) in [6.07, 6.45) is 0. The molecule has 5 aromatic rings. The highest BCUT2D eigenvalue weighted by molar-refractivity contribution is 7.07. The summed E-state index contributed by atoms with van der Waals surface area (Å²) < 4.78 is 7.40. The Hall–Kier alpha value is -3.44. The Morgan fingerprint density at radius 2 is 1.67 bits per heavy atom. The zero-order chi connectivity index (χ0) is 18.4. The first-order valence-electron chi connectivity index (χ1n) is 8.49. The molecule has 0 aliphatic heterocycles. The zero-order valence-corrected chi connectivity index (χ0v) is 15.0. The Morgan fingerprint density at radius 1 is 0.889 bits per heavy atom. The maximum atomic E-state index is 12.7. The third-order valence-corrected chi connectivity index (χ3v) is 5.41. The summed E-state index contributed by atoms with van der Waals surface area (Å²) in [5, 5.41) is 13.1. The molecule has 0 aliphatic carbocycles. The van der Waals surface area contributed by atoms with Gasteiger partial charge >= 0.3 is 5.63 Å². The molecule has 4 nitrogen and oxygen atoms in total. The molecule has 27 heavy (non-hydrogen) atoms. The molecule has 0 spiro atoms. The molecule has 0 saturated carbocycles. The molecule has 1 N–H and O–H groups in total. The Bertz CT molecular complexity index is 1410. The van der Waals surface area contributed by atoms with E-state index in [1.54, 1.807) is 4.57 Å². The minimum absolute atomic E-state index is 0.355. The van der Waals surface area contributed by atoms with E-state index >= 15 is 0 Å². The lowest BCUT2D eigenvalue weighted by Gasteiger charge is -2.09. The molecule has 5 heteroatoms. The highest BCUT2D eigenvalue weighted by Gasteiger charge is 2.15. The highest BCUT2D eigenvalue weighted by atomic mass is 32.1. The van der Waals surface area contributed by atoms with Gasteiger partial charge in [0.05, 0.1) is 11.3 Å². The fraction of sp³-hybridized carbons (Fsp3) is 0. The topological polar surface area (TPSA) is 59.0 Å². The molecule has 0 saturated heterocycles. The average Bonchev–Trinajstić information content (AvgIpc) is 3.09. The molecule has 0 radical (unpaired) electrons. The summed E-state index contributed by atoms with van der Waals surface area (Å²) >= 11 is 1.29. The third kappa shape index (κ3) is 2.52. The van der Waals surface area contributed by atoms with Gasteiger partial charge in [-0.3, -0.25) is 9.98 Å². The van der Waals surface area contributed by atoms with Crippen LogP contribution in [-0.2, 0) is 0 Å². The van der Waals surface area contributed by atoms with Crippen LogP contribution >= 0.6 is 11.3 Å². The van der Waals surface area contributed by atoms with Gasteiger partial charge < -0.3 is 4.42 Å². The van der Waals surface area contributed by atoms with Crippen molar-refractivity contribution in [2.45, 2.75) is 0 Å². The summed E-state index contributed by atoms with van der Waals surface area (Å²) in [6, 6.07) is 23.3. The molecule has 5 rings (SSSR count). The predicted molar refractivity (Wildman–Crippen MR) is 108 cm³/mol. The second kappa shape index (κ2) is 6.07. The van der Waals surface area contributed by atoms with Crippen LogP contribution in [0.5, 0.6) is 0 Å². The number of aromatic nitrogens is 1. The lowest BCUT2D eigenvalue weighted by atomic mass is 10.0. The summed E-state index contributed by atoms with van der Waals surface area (Å²) in [5.74, 6) is 0. The minimum atomic E-state index is -0.403. The molecule has 0 bridgehead atoms. The fourth-order valence-electron chi connectivity index (χ4n) is 3.39. The van der Waals surface area contributed by atoms with E-state index in [-0.39, 0.29) is 0 Å². The number of benzene rings is 3. The van der Waals surface area contributed by atoms with Gasteiger partial charge in [-0.05, 0) is 35.0 Å². The fourth-order valence-corrected chi connectivity index (χ4v) is 4.16. The van der Waals surface area contributed by atoms with E-state index in [4.69, 9.17) is 9.83 Å². The van der Waals surface area contributed by atoms with Crippen molar-refractivity contribution in [3.8, 4) is 16.9 Å². The van der Waals surface area contributed by atoms with Gasteiger partial charge in [0.15, 0.2) is 4.80 Å². The van der Waals surface area contributed by atoms with Crippen molar-refractivity contribution < 1.29 is 4.42 Å². The monoisotopic (exact) mass is 370 g/mol. The van der Waals surface area contributed by atoms with Gasteiger partial charge in [0.2, 0.25) is 0 Å². The summed E-state index contributed by atoms with van der Waals surface area (Å²) in [6.45, 7) is 0. The van der Waals surface area contributed by atoms with Crippen molar-refractivity contribution in [3.05, 3.63) is 93.4 Å². The van der Waals surface area contributed by atoms with Crippen molar-refractivity contribution in [3.63, 3.8) is 0 Å². The van der Waals surface area contributed by atoms with Crippen LogP contribution in [0.2, 0.25) is 0 Å². The van der Waals surface area contributed by atoms with E-state index in [1.165, 1.54) is 11.3 Å². The molecular weight excluding hydrogens is 356 g/mol. The summed E-state index contributed by atoms with van der Waals surface area (Å²) in [7, 11) is 0. The number of fused-ring (bicyclic) bond motifs is 3.